The molecule has 0 saturated heterocycles. The molecule has 0 radical (unpaired) electrons. The Morgan fingerprint density at radius 1 is 1.31 bits per heavy atom. The van der Waals surface area contributed by atoms with Crippen molar-refractivity contribution in [1.82, 2.24) is 4.98 Å². The summed E-state index contributed by atoms with van der Waals surface area (Å²) in [6.45, 7) is 4.09. The number of hydrogen-bond donors (Lipinski definition) is 0. The van der Waals surface area contributed by atoms with Gasteiger partial charge in [-0.15, -0.1) is 23.1 Å². The van der Waals surface area contributed by atoms with Crippen molar-refractivity contribution < 1.29 is 0 Å². The minimum atomic E-state index is 0.780. The van der Waals surface area contributed by atoms with E-state index in [0.717, 1.165) is 26.4 Å². The van der Waals surface area contributed by atoms with Gasteiger partial charge in [-0.2, -0.15) is 0 Å². The number of aryl methyl sites for hydroxylation is 1. The lowest BCUT2D eigenvalue weighted by Gasteiger charge is -1.99. The second-order valence-corrected chi connectivity index (χ2v) is 6.27. The second kappa shape index (κ2) is 5.21. The van der Waals surface area contributed by atoms with Gasteiger partial charge >= 0.3 is 0 Å². The van der Waals surface area contributed by atoms with E-state index in [9.17, 15) is 0 Å². The maximum Gasteiger partial charge on any atom is 0.125 e. The van der Waals surface area contributed by atoms with Gasteiger partial charge in [-0.25, -0.2) is 4.98 Å². The largest absolute Gasteiger partial charge is 0.240 e. The number of hydrogen-bond acceptors (Lipinski definition) is 3. The number of nitrogens with zero attached hydrogens (tertiary/aromatic N) is 1. The van der Waals surface area contributed by atoms with Crippen molar-refractivity contribution in [1.29, 1.82) is 0 Å². The monoisotopic (exact) mass is 269 g/mol. The van der Waals surface area contributed by atoms with Crippen LogP contribution in [0.4, 0.5) is 0 Å². The van der Waals surface area contributed by atoms with Crippen molar-refractivity contribution in [2.24, 2.45) is 0 Å². The van der Waals surface area contributed by atoms with Gasteiger partial charge in [0.2, 0.25) is 0 Å². The average molecular weight is 270 g/mol. The van der Waals surface area contributed by atoms with Gasteiger partial charge in [-0.3, -0.25) is 0 Å². The van der Waals surface area contributed by atoms with E-state index < -0.39 is 0 Å². The van der Waals surface area contributed by atoms with Gasteiger partial charge in [-0.1, -0.05) is 30.7 Å². The molecule has 0 bridgehead atoms. The van der Waals surface area contributed by atoms with Crippen LogP contribution in [0.1, 0.15) is 12.6 Å². The summed E-state index contributed by atoms with van der Waals surface area (Å²) < 4.78 is 0.780. The van der Waals surface area contributed by atoms with Crippen molar-refractivity contribution in [2.45, 2.75) is 18.7 Å². The summed E-state index contributed by atoms with van der Waals surface area (Å²) >= 11 is 9.39. The van der Waals surface area contributed by atoms with Crippen LogP contribution >= 0.6 is 34.7 Å². The molecule has 0 aliphatic carbocycles. The predicted molar refractivity (Wildman–Crippen MR) is 73.7 cm³/mol. The van der Waals surface area contributed by atoms with Gasteiger partial charge in [-0.05, 0) is 24.8 Å². The Hall–Kier alpha value is -0.510. The molecule has 2 rings (SSSR count). The molecule has 1 aromatic heterocycles. The second-order valence-electron chi connectivity index (χ2n) is 3.34. The van der Waals surface area contributed by atoms with Crippen LogP contribution in [0, 0.1) is 6.92 Å². The van der Waals surface area contributed by atoms with E-state index in [-0.39, 0.29) is 0 Å². The Morgan fingerprint density at radius 3 is 2.50 bits per heavy atom. The fourth-order valence-corrected chi connectivity index (χ4v) is 3.08. The van der Waals surface area contributed by atoms with Crippen molar-refractivity contribution in [3.05, 3.63) is 34.3 Å². The third-order valence-corrected chi connectivity index (χ3v) is 4.55. The summed E-state index contributed by atoms with van der Waals surface area (Å²) in [5, 5.41) is 0.996. The number of thioether (sulfide) groups is 1. The summed E-state index contributed by atoms with van der Waals surface area (Å²) in [4.78, 5) is 5.73. The third-order valence-electron chi connectivity index (χ3n) is 2.15. The van der Waals surface area contributed by atoms with E-state index in [4.69, 9.17) is 11.6 Å². The van der Waals surface area contributed by atoms with Crippen molar-refractivity contribution in [3.63, 3.8) is 0 Å². The van der Waals surface area contributed by atoms with Crippen molar-refractivity contribution >= 4 is 34.7 Å². The molecule has 1 aromatic carbocycles. The first-order valence-corrected chi connectivity index (χ1v) is 7.25. The molecule has 1 heterocycles. The number of rotatable bonds is 3. The van der Waals surface area contributed by atoms with Crippen LogP contribution in [0.25, 0.3) is 10.6 Å². The van der Waals surface area contributed by atoms with Crippen LogP contribution in [-0.2, 0) is 0 Å². The standard InChI is InChI=1S/C12H12ClNS2/c1-3-15-10-6-4-9(5-7-10)12-14-8(2)11(13)16-12/h4-7H,3H2,1-2H3. The first kappa shape index (κ1) is 12.0. The molecule has 0 N–H and O–H groups in total. The quantitative estimate of drug-likeness (QED) is 0.737. The maximum atomic E-state index is 6.01. The van der Waals surface area contributed by atoms with E-state index in [0.29, 0.717) is 0 Å². The molecule has 2 aromatic rings. The number of thiazole rings is 1. The summed E-state index contributed by atoms with van der Waals surface area (Å²) in [6, 6.07) is 8.47. The smallest absolute Gasteiger partial charge is 0.125 e. The lowest BCUT2D eigenvalue weighted by Crippen LogP contribution is -1.78. The number of halogens is 1. The Labute approximate surface area is 109 Å². The first-order chi connectivity index (χ1) is 7.70. The summed E-state index contributed by atoms with van der Waals surface area (Å²) in [7, 11) is 0. The van der Waals surface area contributed by atoms with Gasteiger partial charge in [0.15, 0.2) is 0 Å². The molecule has 0 amide bonds. The van der Waals surface area contributed by atoms with Crippen LogP contribution in [0.2, 0.25) is 4.34 Å². The van der Waals surface area contributed by atoms with Gasteiger partial charge in [0.1, 0.15) is 9.34 Å². The fourth-order valence-electron chi connectivity index (χ4n) is 1.36. The van der Waals surface area contributed by atoms with E-state index in [1.54, 1.807) is 0 Å². The highest BCUT2D eigenvalue weighted by atomic mass is 35.5. The van der Waals surface area contributed by atoms with E-state index in [1.165, 1.54) is 16.2 Å². The van der Waals surface area contributed by atoms with Crippen LogP contribution in [0.15, 0.2) is 29.2 Å². The Balaban J connectivity index is 2.27. The molecule has 0 fully saturated rings. The van der Waals surface area contributed by atoms with Crippen LogP contribution < -0.4 is 0 Å². The van der Waals surface area contributed by atoms with E-state index >= 15 is 0 Å². The molecule has 0 aliphatic rings. The van der Waals surface area contributed by atoms with Gasteiger partial charge in [0.25, 0.3) is 0 Å². The molecule has 16 heavy (non-hydrogen) atoms. The van der Waals surface area contributed by atoms with Crippen LogP contribution in [0.3, 0.4) is 0 Å². The molecule has 4 heteroatoms. The average Bonchev–Trinajstić information content (AvgIpc) is 2.61. The van der Waals surface area contributed by atoms with Gasteiger partial charge in [0.05, 0.1) is 5.69 Å². The first-order valence-electron chi connectivity index (χ1n) is 5.07. The topological polar surface area (TPSA) is 12.9 Å². The molecule has 0 aliphatic heterocycles. The molecule has 0 spiro atoms. The lowest BCUT2D eigenvalue weighted by molar-refractivity contribution is 1.27. The summed E-state index contributed by atoms with van der Waals surface area (Å²) in [5.74, 6) is 1.10. The SMILES string of the molecule is CCSc1ccc(-c2nc(C)c(Cl)s2)cc1. The van der Waals surface area contributed by atoms with E-state index in [1.807, 2.05) is 18.7 Å². The Bertz CT molecular complexity index is 457. The fraction of sp³-hybridized carbons (Fsp3) is 0.250. The lowest BCUT2D eigenvalue weighted by atomic mass is 10.2. The molecule has 0 unspecified atom stereocenters. The highest BCUT2D eigenvalue weighted by molar-refractivity contribution is 7.99. The molecular formula is C12H12ClNS2. The molecule has 1 nitrogen and oxygen atoms in total. The van der Waals surface area contributed by atoms with Crippen molar-refractivity contribution in [3.8, 4) is 10.6 Å². The van der Waals surface area contributed by atoms with Crippen molar-refractivity contribution in [2.75, 3.05) is 5.75 Å². The number of aromatic nitrogens is 1. The highest BCUT2D eigenvalue weighted by Crippen LogP contribution is 2.32. The van der Waals surface area contributed by atoms with Crippen LogP contribution in [0.5, 0.6) is 0 Å². The maximum absolute atomic E-state index is 6.01. The highest BCUT2D eigenvalue weighted by Gasteiger charge is 2.07. The molecular weight excluding hydrogens is 258 g/mol. The zero-order chi connectivity index (χ0) is 11.5. The zero-order valence-corrected chi connectivity index (χ0v) is 11.5. The van der Waals surface area contributed by atoms with Gasteiger partial charge in [0, 0.05) is 10.5 Å². The zero-order valence-electron chi connectivity index (χ0n) is 9.16. The van der Waals surface area contributed by atoms with Crippen LogP contribution in [-0.4, -0.2) is 10.7 Å². The molecule has 0 saturated carbocycles. The number of benzene rings is 1. The van der Waals surface area contributed by atoms with E-state index in [2.05, 4.69) is 36.2 Å². The minimum absolute atomic E-state index is 0.780. The Kier molecular flexibility index (Phi) is 3.90. The minimum Gasteiger partial charge on any atom is -0.240 e. The molecule has 0 atom stereocenters. The normalized spacial score (nSPS) is 10.7. The predicted octanol–water partition coefficient (Wildman–Crippen LogP) is 4.88. The Morgan fingerprint density at radius 2 is 2.00 bits per heavy atom. The summed E-state index contributed by atoms with van der Waals surface area (Å²) in [5.41, 5.74) is 2.05. The third kappa shape index (κ3) is 2.59. The molecule has 84 valence electrons. The summed E-state index contributed by atoms with van der Waals surface area (Å²) in [6.07, 6.45) is 0. The van der Waals surface area contributed by atoms with Gasteiger partial charge < -0.3 is 0 Å².